The molecule has 1 aliphatic carbocycles. The first kappa shape index (κ1) is 19.5. The van der Waals surface area contributed by atoms with Crippen LogP contribution in [0.2, 0.25) is 0 Å². The smallest absolute Gasteiger partial charge is 0.303 e. The van der Waals surface area contributed by atoms with Crippen LogP contribution in [0.15, 0.2) is 18.2 Å². The van der Waals surface area contributed by atoms with Crippen LogP contribution in [0.4, 0.5) is 0 Å². The lowest BCUT2D eigenvalue weighted by Gasteiger charge is -2.32. The third-order valence-electron chi connectivity index (χ3n) is 5.58. The number of hydrogen-bond donors (Lipinski definition) is 1. The van der Waals surface area contributed by atoms with Gasteiger partial charge in [-0.3, -0.25) is 9.59 Å². The Morgan fingerprint density at radius 3 is 2.63 bits per heavy atom. The molecule has 6 nitrogen and oxygen atoms in total. The summed E-state index contributed by atoms with van der Waals surface area (Å²) in [6, 6.07) is 5.39. The lowest BCUT2D eigenvalue weighted by Crippen LogP contribution is -2.40. The molecule has 6 heteroatoms. The topological polar surface area (TPSA) is 76.1 Å². The summed E-state index contributed by atoms with van der Waals surface area (Å²) in [7, 11) is 1.59. The highest BCUT2D eigenvalue weighted by Gasteiger charge is 2.26. The van der Waals surface area contributed by atoms with Gasteiger partial charge in [0, 0.05) is 25.1 Å². The number of rotatable bonds is 7. The molecule has 1 aromatic rings. The SMILES string of the molecule is COc1cc(C(=O)N2CCCC(CCC(=O)O)C2)ccc1OC1CCCC1. The molecule has 1 saturated heterocycles. The van der Waals surface area contributed by atoms with Crippen molar-refractivity contribution in [3.05, 3.63) is 23.8 Å². The molecule has 148 valence electrons. The van der Waals surface area contributed by atoms with Crippen LogP contribution in [0, 0.1) is 5.92 Å². The third-order valence-corrected chi connectivity index (χ3v) is 5.58. The van der Waals surface area contributed by atoms with Gasteiger partial charge in [0.25, 0.3) is 5.91 Å². The summed E-state index contributed by atoms with van der Waals surface area (Å²) < 4.78 is 11.5. The van der Waals surface area contributed by atoms with E-state index in [9.17, 15) is 9.59 Å². The number of amides is 1. The van der Waals surface area contributed by atoms with Gasteiger partial charge in [0.1, 0.15) is 0 Å². The highest BCUT2D eigenvalue weighted by atomic mass is 16.5. The minimum atomic E-state index is -0.777. The van der Waals surface area contributed by atoms with Gasteiger partial charge in [-0.2, -0.15) is 0 Å². The van der Waals surface area contributed by atoms with Crippen molar-refractivity contribution in [3.63, 3.8) is 0 Å². The molecule has 0 radical (unpaired) electrons. The van der Waals surface area contributed by atoms with Crippen molar-refractivity contribution in [1.29, 1.82) is 0 Å². The van der Waals surface area contributed by atoms with Crippen molar-refractivity contribution < 1.29 is 24.2 Å². The minimum absolute atomic E-state index is 0.0271. The summed E-state index contributed by atoms with van der Waals surface area (Å²) in [5.41, 5.74) is 0.588. The third kappa shape index (κ3) is 5.15. The van der Waals surface area contributed by atoms with Crippen molar-refractivity contribution >= 4 is 11.9 Å². The van der Waals surface area contributed by atoms with Crippen LogP contribution < -0.4 is 9.47 Å². The fourth-order valence-electron chi connectivity index (χ4n) is 4.08. The molecular formula is C21H29NO5. The van der Waals surface area contributed by atoms with Crippen molar-refractivity contribution in [2.24, 2.45) is 5.92 Å². The number of ether oxygens (including phenoxy) is 2. The first-order valence-electron chi connectivity index (χ1n) is 9.92. The minimum Gasteiger partial charge on any atom is -0.493 e. The van der Waals surface area contributed by atoms with Gasteiger partial charge in [-0.1, -0.05) is 0 Å². The van der Waals surface area contributed by atoms with Crippen molar-refractivity contribution in [3.8, 4) is 11.5 Å². The number of aliphatic carboxylic acids is 1. The predicted molar refractivity (Wildman–Crippen MR) is 101 cm³/mol. The number of carbonyl (C=O) groups is 2. The van der Waals surface area contributed by atoms with Crippen LogP contribution in [-0.4, -0.2) is 48.2 Å². The van der Waals surface area contributed by atoms with E-state index < -0.39 is 5.97 Å². The molecule has 1 amide bonds. The summed E-state index contributed by atoms with van der Waals surface area (Å²) in [5.74, 6) is 0.735. The Balaban J connectivity index is 1.65. The highest BCUT2D eigenvalue weighted by molar-refractivity contribution is 5.95. The molecule has 2 aliphatic rings. The Morgan fingerprint density at radius 2 is 1.93 bits per heavy atom. The number of benzene rings is 1. The van der Waals surface area contributed by atoms with E-state index in [4.69, 9.17) is 14.6 Å². The Morgan fingerprint density at radius 1 is 1.15 bits per heavy atom. The van der Waals surface area contributed by atoms with Crippen LogP contribution in [0.5, 0.6) is 11.5 Å². The molecule has 1 aromatic carbocycles. The Bertz CT molecular complexity index is 669. The van der Waals surface area contributed by atoms with Gasteiger partial charge in [-0.15, -0.1) is 0 Å². The second-order valence-corrected chi connectivity index (χ2v) is 7.58. The molecule has 1 unspecified atom stereocenters. The van der Waals surface area contributed by atoms with Gasteiger partial charge in [0.15, 0.2) is 11.5 Å². The quantitative estimate of drug-likeness (QED) is 0.786. The predicted octanol–water partition coefficient (Wildman–Crippen LogP) is 3.73. The van der Waals surface area contributed by atoms with Crippen molar-refractivity contribution in [2.75, 3.05) is 20.2 Å². The normalized spacial score (nSPS) is 20.5. The molecule has 3 rings (SSSR count). The average molecular weight is 375 g/mol. The number of likely N-dealkylation sites (tertiary alicyclic amines) is 1. The van der Waals surface area contributed by atoms with E-state index in [1.807, 2.05) is 11.0 Å². The number of hydrogen-bond acceptors (Lipinski definition) is 4. The highest BCUT2D eigenvalue weighted by Crippen LogP contribution is 2.33. The van der Waals surface area contributed by atoms with E-state index in [0.717, 1.165) is 25.7 Å². The lowest BCUT2D eigenvalue weighted by atomic mass is 9.93. The number of nitrogens with zero attached hydrogens (tertiary/aromatic N) is 1. The first-order valence-corrected chi connectivity index (χ1v) is 9.92. The van der Waals surface area contributed by atoms with Gasteiger partial charge in [0.2, 0.25) is 0 Å². The number of piperidine rings is 1. The number of carboxylic acids is 1. The molecule has 1 aliphatic heterocycles. The molecule has 1 heterocycles. The maximum Gasteiger partial charge on any atom is 0.303 e. The molecule has 27 heavy (non-hydrogen) atoms. The van der Waals surface area contributed by atoms with Crippen LogP contribution in [0.25, 0.3) is 0 Å². The molecule has 1 saturated carbocycles. The average Bonchev–Trinajstić information content (AvgIpc) is 3.19. The molecule has 0 bridgehead atoms. The Hall–Kier alpha value is -2.24. The van der Waals surface area contributed by atoms with Crippen LogP contribution >= 0.6 is 0 Å². The zero-order valence-corrected chi connectivity index (χ0v) is 16.0. The monoisotopic (exact) mass is 375 g/mol. The molecule has 1 N–H and O–H groups in total. The molecule has 2 fully saturated rings. The van der Waals surface area contributed by atoms with Crippen LogP contribution in [-0.2, 0) is 4.79 Å². The molecular weight excluding hydrogens is 346 g/mol. The lowest BCUT2D eigenvalue weighted by molar-refractivity contribution is -0.137. The summed E-state index contributed by atoms with van der Waals surface area (Å²) in [5, 5.41) is 8.88. The van der Waals surface area contributed by atoms with E-state index in [1.165, 1.54) is 12.8 Å². The first-order chi connectivity index (χ1) is 13.1. The van der Waals surface area contributed by atoms with E-state index in [-0.39, 0.29) is 24.3 Å². The Kier molecular flexibility index (Phi) is 6.58. The largest absolute Gasteiger partial charge is 0.493 e. The number of carboxylic acid groups (broad SMARTS) is 1. The van der Waals surface area contributed by atoms with Crippen LogP contribution in [0.3, 0.4) is 0 Å². The van der Waals surface area contributed by atoms with Gasteiger partial charge < -0.3 is 19.5 Å². The fourth-order valence-corrected chi connectivity index (χ4v) is 4.08. The molecule has 0 aromatic heterocycles. The molecule has 0 spiro atoms. The maximum absolute atomic E-state index is 12.9. The van der Waals surface area contributed by atoms with E-state index in [0.29, 0.717) is 36.6 Å². The number of carbonyl (C=O) groups excluding carboxylic acids is 1. The fraction of sp³-hybridized carbons (Fsp3) is 0.619. The zero-order valence-electron chi connectivity index (χ0n) is 16.0. The van der Waals surface area contributed by atoms with Gasteiger partial charge in [0.05, 0.1) is 13.2 Å². The second kappa shape index (κ2) is 9.11. The summed E-state index contributed by atoms with van der Waals surface area (Å²) in [6.07, 6.45) is 7.43. The van der Waals surface area contributed by atoms with Crippen molar-refractivity contribution in [1.82, 2.24) is 4.90 Å². The molecule has 1 atom stereocenters. The number of methoxy groups -OCH3 is 1. The summed E-state index contributed by atoms with van der Waals surface area (Å²) in [4.78, 5) is 25.6. The standard InChI is InChI=1S/C21H29NO5/c1-26-19-13-16(9-10-18(19)27-17-6-2-3-7-17)21(25)22-12-4-5-15(14-22)8-11-20(23)24/h9-10,13,15,17H,2-8,11-12,14H2,1H3,(H,23,24). The zero-order chi connectivity index (χ0) is 19.2. The van der Waals surface area contributed by atoms with Crippen LogP contribution in [0.1, 0.15) is 61.7 Å². The van der Waals surface area contributed by atoms with Gasteiger partial charge in [-0.25, -0.2) is 0 Å². The Labute approximate surface area is 160 Å². The second-order valence-electron chi connectivity index (χ2n) is 7.58. The maximum atomic E-state index is 12.9. The van der Waals surface area contributed by atoms with Crippen molar-refractivity contribution in [2.45, 2.75) is 57.5 Å². The van der Waals surface area contributed by atoms with E-state index >= 15 is 0 Å². The van der Waals surface area contributed by atoms with Gasteiger partial charge in [-0.05, 0) is 69.1 Å². The van der Waals surface area contributed by atoms with E-state index in [1.54, 1.807) is 19.2 Å². The van der Waals surface area contributed by atoms with Gasteiger partial charge >= 0.3 is 5.97 Å². The summed E-state index contributed by atoms with van der Waals surface area (Å²) >= 11 is 0. The summed E-state index contributed by atoms with van der Waals surface area (Å²) in [6.45, 7) is 1.33. The van der Waals surface area contributed by atoms with E-state index in [2.05, 4.69) is 0 Å².